The van der Waals surface area contributed by atoms with Crippen LogP contribution in [0.15, 0.2) is 60.8 Å². The number of ether oxygens (including phenoxy) is 3. The van der Waals surface area contributed by atoms with Gasteiger partial charge in [-0.1, -0.05) is 145 Å². The molecule has 0 spiro atoms. The first-order valence-electron chi connectivity index (χ1n) is 21.3. The fourth-order valence-electron chi connectivity index (χ4n) is 5.93. The highest BCUT2D eigenvalue weighted by Crippen LogP contribution is 2.15. The maximum atomic E-state index is 12.7. The number of aliphatic carboxylic acids is 1. The molecule has 0 bridgehead atoms. The first kappa shape index (κ1) is 51.0. The summed E-state index contributed by atoms with van der Waals surface area (Å²) in [5.74, 6) is -1.57. The molecule has 0 amide bonds. The van der Waals surface area contributed by atoms with Gasteiger partial charge in [-0.3, -0.25) is 9.59 Å². The van der Waals surface area contributed by atoms with Crippen LogP contribution in [0, 0.1) is 0 Å². The second kappa shape index (κ2) is 37.0. The zero-order chi connectivity index (χ0) is 40.0. The van der Waals surface area contributed by atoms with Crippen LogP contribution in [0.2, 0.25) is 0 Å². The van der Waals surface area contributed by atoms with Crippen LogP contribution in [0.25, 0.3) is 0 Å². The number of carbonyl (C=O) groups excluding carboxylic acids is 2. The number of hydrogen-bond acceptors (Lipinski definition) is 6. The number of rotatable bonds is 37. The van der Waals surface area contributed by atoms with Crippen molar-refractivity contribution >= 4 is 17.9 Å². The smallest absolute Gasteiger partial charge is 0.362 e. The fourth-order valence-corrected chi connectivity index (χ4v) is 5.93. The van der Waals surface area contributed by atoms with E-state index in [1.807, 2.05) is 33.3 Å². The minimum atomic E-state index is -0.884. The number of hydrogen-bond donors (Lipinski definition) is 1. The SMILES string of the molecule is CC/C=C/C/C=C/C/C=C/CCCCCCCCCCCCCCCC(=O)OC(COCCC(C(=O)O)[N+](C)(C)C)COC(=O)CC/C=C/C/C=C/CC. The Labute approximate surface area is 330 Å². The summed E-state index contributed by atoms with van der Waals surface area (Å²) in [5, 5.41) is 9.58. The molecule has 2 atom stereocenters. The highest BCUT2D eigenvalue weighted by Gasteiger charge is 2.31. The molecule has 0 radical (unpaired) electrons. The number of unbranched alkanes of at least 4 members (excludes halogenated alkanes) is 13. The summed E-state index contributed by atoms with van der Waals surface area (Å²) in [6, 6.07) is -0.622. The van der Waals surface area contributed by atoms with Crippen LogP contribution in [0.4, 0.5) is 0 Å². The third kappa shape index (κ3) is 34.8. The minimum absolute atomic E-state index is 0.0416. The van der Waals surface area contributed by atoms with Crippen molar-refractivity contribution in [2.24, 2.45) is 0 Å². The van der Waals surface area contributed by atoms with E-state index in [1.54, 1.807) is 0 Å². The minimum Gasteiger partial charge on any atom is -0.477 e. The van der Waals surface area contributed by atoms with E-state index >= 15 is 0 Å². The van der Waals surface area contributed by atoms with Crippen molar-refractivity contribution in [3.63, 3.8) is 0 Å². The second-order valence-electron chi connectivity index (χ2n) is 15.2. The van der Waals surface area contributed by atoms with Crippen LogP contribution in [-0.2, 0) is 28.6 Å². The van der Waals surface area contributed by atoms with E-state index in [2.05, 4.69) is 62.5 Å². The predicted molar refractivity (Wildman–Crippen MR) is 224 cm³/mol. The first-order valence-corrected chi connectivity index (χ1v) is 21.3. The second-order valence-corrected chi connectivity index (χ2v) is 15.2. The number of carboxylic acids is 1. The zero-order valence-corrected chi connectivity index (χ0v) is 35.2. The molecule has 310 valence electrons. The Kier molecular flexibility index (Phi) is 34.9. The van der Waals surface area contributed by atoms with Gasteiger partial charge in [0.25, 0.3) is 0 Å². The van der Waals surface area contributed by atoms with Gasteiger partial charge in [-0.05, 0) is 57.8 Å². The van der Waals surface area contributed by atoms with Gasteiger partial charge in [0.05, 0.1) is 34.4 Å². The number of nitrogens with zero attached hydrogens (tertiary/aromatic N) is 1. The van der Waals surface area contributed by atoms with Gasteiger partial charge in [0, 0.05) is 19.3 Å². The van der Waals surface area contributed by atoms with Crippen molar-refractivity contribution in [3.05, 3.63) is 60.8 Å². The molecule has 0 aromatic heterocycles. The average Bonchev–Trinajstić information content (AvgIpc) is 3.12. The van der Waals surface area contributed by atoms with Crippen molar-refractivity contribution in [2.45, 2.75) is 174 Å². The van der Waals surface area contributed by atoms with E-state index < -0.39 is 18.1 Å². The maximum absolute atomic E-state index is 12.7. The molecular formula is C46H80NO7+. The van der Waals surface area contributed by atoms with Crippen LogP contribution in [0.1, 0.15) is 162 Å². The van der Waals surface area contributed by atoms with Gasteiger partial charge in [0.2, 0.25) is 0 Å². The molecule has 0 saturated carbocycles. The molecule has 2 unspecified atom stereocenters. The Bertz CT molecular complexity index is 1070. The molecule has 8 heteroatoms. The van der Waals surface area contributed by atoms with E-state index in [9.17, 15) is 19.5 Å². The summed E-state index contributed by atoms with van der Waals surface area (Å²) in [7, 11) is 5.50. The average molecular weight is 759 g/mol. The molecule has 1 N–H and O–H groups in total. The lowest BCUT2D eigenvalue weighted by atomic mass is 10.0. The number of allylic oxidation sites excluding steroid dienone is 10. The zero-order valence-electron chi connectivity index (χ0n) is 35.2. The van der Waals surface area contributed by atoms with Gasteiger partial charge >= 0.3 is 17.9 Å². The topological polar surface area (TPSA) is 99.1 Å². The first-order chi connectivity index (χ1) is 26.1. The molecule has 8 nitrogen and oxygen atoms in total. The Hall–Kier alpha value is -2.97. The van der Waals surface area contributed by atoms with Crippen molar-refractivity contribution < 1.29 is 38.2 Å². The number of esters is 2. The van der Waals surface area contributed by atoms with Gasteiger partial charge in [0.1, 0.15) is 6.61 Å². The number of likely N-dealkylation sites (N-methyl/N-ethyl adjacent to an activating group) is 1. The molecule has 0 aromatic carbocycles. The molecule has 0 aliphatic heterocycles. The molecule has 0 aromatic rings. The Morgan fingerprint density at radius 2 is 1.02 bits per heavy atom. The number of carbonyl (C=O) groups is 3. The highest BCUT2D eigenvalue weighted by atomic mass is 16.6. The Balaban J connectivity index is 4.18. The van der Waals surface area contributed by atoms with Crippen molar-refractivity contribution in [3.8, 4) is 0 Å². The standard InChI is InChI=1S/C46H79NO7/c1-6-8-10-12-14-15-16-17-18-19-20-21-22-23-24-25-26-27-28-29-31-33-35-37-45(49)54-42(40-52-39-38-43(46(50)51)47(3,4)5)41-53-44(48)36-34-32-30-13-11-9-7-2/h8-11,14-15,17-18,30,32,42-43H,6-7,12-13,16,19-29,31,33-41H2,1-5H3/p+1/b10-8+,11-9+,15-14+,18-17+,32-30+. The number of carboxylic acid groups (broad SMARTS) is 1. The third-order valence-corrected chi connectivity index (χ3v) is 9.18. The summed E-state index contributed by atoms with van der Waals surface area (Å²) >= 11 is 0. The largest absolute Gasteiger partial charge is 0.477 e. The monoisotopic (exact) mass is 759 g/mol. The number of quaternary nitrogens is 1. The summed E-state index contributed by atoms with van der Waals surface area (Å²) in [6.45, 7) is 4.40. The summed E-state index contributed by atoms with van der Waals surface area (Å²) < 4.78 is 17.1. The van der Waals surface area contributed by atoms with E-state index in [0.717, 1.165) is 51.4 Å². The quantitative estimate of drug-likeness (QED) is 0.0291. The van der Waals surface area contributed by atoms with E-state index in [-0.39, 0.29) is 42.7 Å². The lowest BCUT2D eigenvalue weighted by Gasteiger charge is -2.31. The van der Waals surface area contributed by atoms with E-state index in [0.29, 0.717) is 19.3 Å². The molecule has 0 heterocycles. The van der Waals surface area contributed by atoms with Crippen molar-refractivity contribution in [1.82, 2.24) is 0 Å². The highest BCUT2D eigenvalue weighted by molar-refractivity contribution is 5.72. The van der Waals surface area contributed by atoms with Crippen LogP contribution < -0.4 is 0 Å². The van der Waals surface area contributed by atoms with Gasteiger partial charge in [-0.15, -0.1) is 0 Å². The van der Waals surface area contributed by atoms with Gasteiger partial charge in [-0.2, -0.15) is 0 Å². The van der Waals surface area contributed by atoms with Crippen LogP contribution in [-0.4, -0.2) is 80.6 Å². The van der Waals surface area contributed by atoms with Gasteiger partial charge < -0.3 is 23.8 Å². The Morgan fingerprint density at radius 3 is 1.52 bits per heavy atom. The maximum Gasteiger partial charge on any atom is 0.362 e. The van der Waals surface area contributed by atoms with E-state index in [1.165, 1.54) is 70.6 Å². The van der Waals surface area contributed by atoms with Crippen LogP contribution in [0.5, 0.6) is 0 Å². The molecule has 54 heavy (non-hydrogen) atoms. The molecule has 0 fully saturated rings. The summed E-state index contributed by atoms with van der Waals surface area (Å²) in [6.07, 6.45) is 44.6. The Morgan fingerprint density at radius 1 is 0.556 bits per heavy atom. The summed E-state index contributed by atoms with van der Waals surface area (Å²) in [5.41, 5.74) is 0. The van der Waals surface area contributed by atoms with Gasteiger partial charge in [-0.25, -0.2) is 4.79 Å². The van der Waals surface area contributed by atoms with Gasteiger partial charge in [0.15, 0.2) is 12.1 Å². The lowest BCUT2D eigenvalue weighted by molar-refractivity contribution is -0.887. The molecule has 0 aliphatic rings. The fraction of sp³-hybridized carbons (Fsp3) is 0.717. The predicted octanol–water partition coefficient (Wildman–Crippen LogP) is 11.4. The van der Waals surface area contributed by atoms with Crippen molar-refractivity contribution in [1.29, 1.82) is 0 Å². The lowest BCUT2D eigenvalue weighted by Crippen LogP contribution is -2.50. The van der Waals surface area contributed by atoms with E-state index in [4.69, 9.17) is 14.2 Å². The molecular weight excluding hydrogens is 679 g/mol. The molecule has 0 rings (SSSR count). The molecule has 0 aliphatic carbocycles. The van der Waals surface area contributed by atoms with Crippen LogP contribution in [0.3, 0.4) is 0 Å². The normalized spacial score (nSPS) is 13.6. The third-order valence-electron chi connectivity index (χ3n) is 9.18. The van der Waals surface area contributed by atoms with Crippen LogP contribution >= 0.6 is 0 Å². The summed E-state index contributed by atoms with van der Waals surface area (Å²) in [4.78, 5) is 36.7. The van der Waals surface area contributed by atoms with Crippen molar-refractivity contribution in [2.75, 3.05) is 41.0 Å². The molecule has 0 saturated heterocycles.